The van der Waals surface area contributed by atoms with Crippen LogP contribution in [0.3, 0.4) is 0 Å². The number of hydrazine groups is 1. The molecule has 2 aliphatic rings. The molecule has 1 atom stereocenters. The van der Waals surface area contributed by atoms with E-state index in [-0.39, 0.29) is 5.28 Å². The lowest BCUT2D eigenvalue weighted by atomic mass is 9.89. The van der Waals surface area contributed by atoms with Crippen molar-refractivity contribution in [2.24, 2.45) is 5.92 Å². The van der Waals surface area contributed by atoms with Crippen LogP contribution in [0.2, 0.25) is 5.28 Å². The zero-order valence-electron chi connectivity index (χ0n) is 18.3. The maximum atomic E-state index is 6.28. The summed E-state index contributed by atoms with van der Waals surface area (Å²) >= 11 is 6.28. The first-order valence-corrected chi connectivity index (χ1v) is 12.0. The lowest BCUT2D eigenvalue weighted by Gasteiger charge is -2.35. The number of piperidine rings is 1. The van der Waals surface area contributed by atoms with E-state index in [1.165, 1.54) is 51.4 Å². The normalized spacial score (nSPS) is 20.2. The molecule has 2 fully saturated rings. The van der Waals surface area contributed by atoms with Crippen molar-refractivity contribution in [1.82, 2.24) is 24.5 Å². The van der Waals surface area contributed by atoms with Crippen LogP contribution in [-0.2, 0) is 4.74 Å². The molecule has 1 aliphatic heterocycles. The van der Waals surface area contributed by atoms with Crippen LogP contribution in [0, 0.1) is 5.92 Å². The molecule has 166 valence electrons. The van der Waals surface area contributed by atoms with Gasteiger partial charge >= 0.3 is 0 Å². The fraction of sp³-hybridized carbons (Fsp3) is 0.773. The molecular formula is C22H35ClN6O. The molecule has 2 aromatic rings. The predicted octanol–water partition coefficient (Wildman–Crippen LogP) is 5.23. The minimum Gasteiger partial charge on any atom is -0.381 e. The summed E-state index contributed by atoms with van der Waals surface area (Å²) in [4.78, 5) is 13.6. The Balaban J connectivity index is 1.40. The van der Waals surface area contributed by atoms with Crippen molar-refractivity contribution >= 4 is 28.6 Å². The summed E-state index contributed by atoms with van der Waals surface area (Å²) in [6.07, 6.45) is 14.4. The van der Waals surface area contributed by atoms with Crippen molar-refractivity contribution < 1.29 is 4.74 Å². The van der Waals surface area contributed by atoms with Gasteiger partial charge in [-0.25, -0.2) is 9.99 Å². The Labute approximate surface area is 184 Å². The molecule has 1 unspecified atom stereocenters. The number of nitrogens with zero attached hydrogens (tertiary/aromatic N) is 5. The number of ether oxygens (including phenoxy) is 1. The number of rotatable bonds is 9. The first-order valence-electron chi connectivity index (χ1n) is 11.6. The topological polar surface area (TPSA) is 68.1 Å². The Bertz CT molecular complexity index is 813. The second-order valence-electron chi connectivity index (χ2n) is 8.81. The maximum absolute atomic E-state index is 6.28. The second-order valence-corrected chi connectivity index (χ2v) is 9.15. The number of unbranched alkanes of at least 4 members (excludes halogenated alkanes) is 2. The Morgan fingerprint density at radius 3 is 2.63 bits per heavy atom. The molecule has 8 heteroatoms. The van der Waals surface area contributed by atoms with E-state index in [2.05, 4.69) is 36.9 Å². The van der Waals surface area contributed by atoms with Crippen LogP contribution < -0.4 is 5.43 Å². The molecular weight excluding hydrogens is 400 g/mol. The zero-order valence-corrected chi connectivity index (χ0v) is 19.1. The lowest BCUT2D eigenvalue weighted by molar-refractivity contribution is 0.0181. The van der Waals surface area contributed by atoms with Gasteiger partial charge in [-0.15, -0.1) is 0 Å². The standard InChI is InChI=1S/C22H35ClN6O/c1-3-4-5-10-18(30-2)16-11-13-28(14-12-16)27-20-19-21(26-22(23)25-20)29(15-24-19)17-8-6-7-9-17/h15-18H,3-14H2,1-2H3,(H,25,26,27). The molecule has 0 bridgehead atoms. The number of halogens is 1. The summed E-state index contributed by atoms with van der Waals surface area (Å²) in [5.74, 6) is 1.34. The lowest BCUT2D eigenvalue weighted by Crippen LogP contribution is -2.41. The van der Waals surface area contributed by atoms with Crippen molar-refractivity contribution in [3.8, 4) is 0 Å². The molecule has 1 saturated heterocycles. The van der Waals surface area contributed by atoms with Crippen LogP contribution in [0.1, 0.15) is 77.2 Å². The number of hydrogen-bond acceptors (Lipinski definition) is 6. The summed E-state index contributed by atoms with van der Waals surface area (Å²) < 4.78 is 8.01. The van der Waals surface area contributed by atoms with Crippen LogP contribution >= 0.6 is 11.6 Å². The fourth-order valence-electron chi connectivity index (χ4n) is 5.09. The Hall–Kier alpha value is -1.44. The van der Waals surface area contributed by atoms with E-state index in [1.54, 1.807) is 0 Å². The van der Waals surface area contributed by atoms with Crippen molar-refractivity contribution in [1.29, 1.82) is 0 Å². The number of anilines is 1. The molecule has 0 aromatic carbocycles. The highest BCUT2D eigenvalue weighted by molar-refractivity contribution is 6.28. The van der Waals surface area contributed by atoms with Gasteiger partial charge in [0.25, 0.3) is 0 Å². The number of hydrogen-bond donors (Lipinski definition) is 1. The van der Waals surface area contributed by atoms with E-state index >= 15 is 0 Å². The first kappa shape index (κ1) is 21.8. The molecule has 30 heavy (non-hydrogen) atoms. The third-order valence-electron chi connectivity index (χ3n) is 6.84. The monoisotopic (exact) mass is 434 g/mol. The Morgan fingerprint density at radius 2 is 1.93 bits per heavy atom. The average Bonchev–Trinajstić information content (AvgIpc) is 3.42. The van der Waals surface area contributed by atoms with E-state index in [1.807, 2.05) is 13.4 Å². The summed E-state index contributed by atoms with van der Waals surface area (Å²) in [5.41, 5.74) is 5.13. The fourth-order valence-corrected chi connectivity index (χ4v) is 5.26. The minimum absolute atomic E-state index is 0.273. The number of methoxy groups -OCH3 is 1. The summed E-state index contributed by atoms with van der Waals surface area (Å²) in [7, 11) is 1.86. The quantitative estimate of drug-likeness (QED) is 0.430. The van der Waals surface area contributed by atoms with Crippen LogP contribution in [0.5, 0.6) is 0 Å². The third-order valence-corrected chi connectivity index (χ3v) is 7.01. The highest BCUT2D eigenvalue weighted by Gasteiger charge is 2.27. The molecule has 3 heterocycles. The number of fused-ring (bicyclic) bond motifs is 1. The number of imidazole rings is 1. The molecule has 0 amide bonds. The van der Waals surface area contributed by atoms with Gasteiger partial charge in [-0.1, -0.05) is 39.0 Å². The van der Waals surface area contributed by atoms with Crippen LogP contribution in [-0.4, -0.2) is 50.8 Å². The molecule has 2 aromatic heterocycles. The van der Waals surface area contributed by atoms with Gasteiger partial charge in [0.05, 0.1) is 12.4 Å². The van der Waals surface area contributed by atoms with E-state index < -0.39 is 0 Å². The van der Waals surface area contributed by atoms with Gasteiger partial charge in [-0.05, 0) is 49.6 Å². The molecule has 7 nitrogen and oxygen atoms in total. The van der Waals surface area contributed by atoms with Gasteiger partial charge in [0.1, 0.15) is 0 Å². The van der Waals surface area contributed by atoms with Gasteiger partial charge in [-0.2, -0.15) is 9.97 Å². The SMILES string of the molecule is CCCCCC(OC)C1CCN(Nc2nc(Cl)nc3c2ncn3C2CCCC2)CC1. The van der Waals surface area contributed by atoms with Crippen molar-refractivity contribution in [3.63, 3.8) is 0 Å². The van der Waals surface area contributed by atoms with Gasteiger partial charge < -0.3 is 14.7 Å². The number of nitrogens with one attached hydrogen (secondary N) is 1. The number of aromatic nitrogens is 4. The summed E-state index contributed by atoms with van der Waals surface area (Å²) in [6.45, 7) is 4.18. The molecule has 1 N–H and O–H groups in total. The molecule has 4 rings (SSSR count). The average molecular weight is 435 g/mol. The Morgan fingerprint density at radius 1 is 1.17 bits per heavy atom. The molecule has 0 spiro atoms. The molecule has 1 saturated carbocycles. The highest BCUT2D eigenvalue weighted by atomic mass is 35.5. The van der Waals surface area contributed by atoms with E-state index in [9.17, 15) is 0 Å². The second kappa shape index (κ2) is 10.2. The molecule has 0 radical (unpaired) electrons. The Kier molecular flexibility index (Phi) is 7.44. The van der Waals surface area contributed by atoms with Gasteiger partial charge in [0.2, 0.25) is 5.28 Å². The minimum atomic E-state index is 0.273. The van der Waals surface area contributed by atoms with E-state index in [4.69, 9.17) is 16.3 Å². The van der Waals surface area contributed by atoms with Crippen LogP contribution in [0.25, 0.3) is 11.2 Å². The van der Waals surface area contributed by atoms with Gasteiger partial charge in [0.15, 0.2) is 17.0 Å². The van der Waals surface area contributed by atoms with Crippen molar-refractivity contribution in [3.05, 3.63) is 11.6 Å². The molecule has 1 aliphatic carbocycles. The first-order chi connectivity index (χ1) is 14.7. The summed E-state index contributed by atoms with van der Waals surface area (Å²) in [6, 6.07) is 0.475. The van der Waals surface area contributed by atoms with E-state index in [0.29, 0.717) is 23.9 Å². The van der Waals surface area contributed by atoms with Crippen molar-refractivity contribution in [2.45, 2.75) is 83.3 Å². The van der Waals surface area contributed by atoms with Crippen LogP contribution in [0.4, 0.5) is 5.82 Å². The predicted molar refractivity (Wildman–Crippen MR) is 121 cm³/mol. The van der Waals surface area contributed by atoms with E-state index in [0.717, 1.165) is 37.1 Å². The zero-order chi connectivity index (χ0) is 20.9. The van der Waals surface area contributed by atoms with Gasteiger partial charge in [0, 0.05) is 26.2 Å². The van der Waals surface area contributed by atoms with Crippen LogP contribution in [0.15, 0.2) is 6.33 Å². The smallest absolute Gasteiger partial charge is 0.226 e. The highest BCUT2D eigenvalue weighted by Crippen LogP contribution is 2.33. The third kappa shape index (κ3) is 4.89. The maximum Gasteiger partial charge on any atom is 0.226 e. The van der Waals surface area contributed by atoms with Crippen molar-refractivity contribution in [2.75, 3.05) is 25.6 Å². The summed E-state index contributed by atoms with van der Waals surface area (Å²) in [5, 5.41) is 2.51. The largest absolute Gasteiger partial charge is 0.381 e. The van der Waals surface area contributed by atoms with Gasteiger partial charge in [-0.3, -0.25) is 0 Å².